The van der Waals surface area contributed by atoms with E-state index in [1.54, 1.807) is 12.1 Å². The Balaban J connectivity index is 1.89. The van der Waals surface area contributed by atoms with Gasteiger partial charge in [0, 0.05) is 13.2 Å². The fourth-order valence-electron chi connectivity index (χ4n) is 2.75. The molecule has 0 bridgehead atoms. The van der Waals surface area contributed by atoms with Crippen LogP contribution in [0.15, 0.2) is 18.2 Å². The van der Waals surface area contributed by atoms with E-state index in [1.807, 2.05) is 19.9 Å². The maximum atomic E-state index is 12.1. The second kappa shape index (κ2) is 8.80. The Labute approximate surface area is 142 Å². The van der Waals surface area contributed by atoms with E-state index in [9.17, 15) is 14.7 Å². The van der Waals surface area contributed by atoms with Crippen molar-refractivity contribution < 1.29 is 24.2 Å². The number of hydrogen-bond acceptors (Lipinski definition) is 4. The zero-order valence-corrected chi connectivity index (χ0v) is 14.2. The van der Waals surface area contributed by atoms with Crippen molar-refractivity contribution in [3.8, 4) is 0 Å². The van der Waals surface area contributed by atoms with Crippen molar-refractivity contribution in [2.24, 2.45) is 0 Å². The standard InChI is InChI=1S/C18H25NO5/c1-12-4-3-5-15(13(12)2)17(18(21)22)19-16(20)8-11-24-14-6-9-23-10-7-14/h3-5,14,17H,6-11H2,1-2H3,(H,19,20)(H,21,22). The molecule has 1 heterocycles. The van der Waals surface area contributed by atoms with Crippen molar-refractivity contribution in [3.63, 3.8) is 0 Å². The summed E-state index contributed by atoms with van der Waals surface area (Å²) in [5.74, 6) is -1.39. The number of carbonyl (C=O) groups excluding carboxylic acids is 1. The minimum atomic E-state index is -1.07. The molecule has 0 spiro atoms. The van der Waals surface area contributed by atoms with Crippen LogP contribution in [0.1, 0.15) is 42.0 Å². The van der Waals surface area contributed by atoms with E-state index < -0.39 is 12.0 Å². The largest absolute Gasteiger partial charge is 0.479 e. The van der Waals surface area contributed by atoms with Gasteiger partial charge in [0.25, 0.3) is 0 Å². The molecule has 1 aromatic carbocycles. The summed E-state index contributed by atoms with van der Waals surface area (Å²) in [5.41, 5.74) is 2.49. The minimum absolute atomic E-state index is 0.126. The van der Waals surface area contributed by atoms with Gasteiger partial charge in [-0.05, 0) is 43.4 Å². The highest BCUT2D eigenvalue weighted by Gasteiger charge is 2.24. The Morgan fingerprint density at radius 1 is 1.33 bits per heavy atom. The average Bonchev–Trinajstić information content (AvgIpc) is 2.56. The van der Waals surface area contributed by atoms with Crippen LogP contribution in [-0.4, -0.2) is 42.9 Å². The van der Waals surface area contributed by atoms with E-state index >= 15 is 0 Å². The van der Waals surface area contributed by atoms with Crippen LogP contribution in [0.3, 0.4) is 0 Å². The maximum Gasteiger partial charge on any atom is 0.330 e. The lowest BCUT2D eigenvalue weighted by molar-refractivity contribution is -0.142. The van der Waals surface area contributed by atoms with Gasteiger partial charge in [-0.2, -0.15) is 0 Å². The zero-order valence-electron chi connectivity index (χ0n) is 14.2. The molecule has 132 valence electrons. The van der Waals surface area contributed by atoms with E-state index in [4.69, 9.17) is 9.47 Å². The van der Waals surface area contributed by atoms with Crippen molar-refractivity contribution >= 4 is 11.9 Å². The van der Waals surface area contributed by atoms with E-state index in [2.05, 4.69) is 5.32 Å². The van der Waals surface area contributed by atoms with E-state index in [0.717, 1.165) is 24.0 Å². The van der Waals surface area contributed by atoms with Gasteiger partial charge in [-0.3, -0.25) is 4.79 Å². The molecule has 0 radical (unpaired) electrons. The van der Waals surface area contributed by atoms with Gasteiger partial charge in [-0.15, -0.1) is 0 Å². The van der Waals surface area contributed by atoms with Crippen LogP contribution in [0, 0.1) is 13.8 Å². The fraction of sp³-hybridized carbons (Fsp3) is 0.556. The van der Waals surface area contributed by atoms with Crippen molar-refractivity contribution in [1.29, 1.82) is 0 Å². The second-order valence-corrected chi connectivity index (χ2v) is 6.06. The molecule has 1 aliphatic heterocycles. The first-order valence-corrected chi connectivity index (χ1v) is 8.26. The van der Waals surface area contributed by atoms with Gasteiger partial charge in [0.15, 0.2) is 6.04 Å². The average molecular weight is 335 g/mol. The molecule has 1 fully saturated rings. The number of benzene rings is 1. The van der Waals surface area contributed by atoms with Crippen LogP contribution < -0.4 is 5.32 Å². The third-order valence-corrected chi connectivity index (χ3v) is 4.36. The lowest BCUT2D eigenvalue weighted by Crippen LogP contribution is -2.35. The third kappa shape index (κ3) is 5.04. The number of hydrogen-bond donors (Lipinski definition) is 2. The number of aryl methyl sites for hydroxylation is 1. The smallest absolute Gasteiger partial charge is 0.330 e. The molecule has 1 saturated heterocycles. The lowest BCUT2D eigenvalue weighted by atomic mass is 9.97. The number of rotatable bonds is 7. The number of carboxylic acid groups (broad SMARTS) is 1. The maximum absolute atomic E-state index is 12.1. The molecule has 1 amide bonds. The monoisotopic (exact) mass is 335 g/mol. The Hall–Kier alpha value is -1.92. The second-order valence-electron chi connectivity index (χ2n) is 6.06. The normalized spacial score (nSPS) is 16.6. The highest BCUT2D eigenvalue weighted by molar-refractivity contribution is 5.85. The molecular formula is C18H25NO5. The quantitative estimate of drug-likeness (QED) is 0.797. The number of aliphatic carboxylic acids is 1. The van der Waals surface area contributed by atoms with Crippen molar-refractivity contribution in [1.82, 2.24) is 5.32 Å². The Morgan fingerprint density at radius 3 is 2.71 bits per heavy atom. The molecule has 6 heteroatoms. The van der Waals surface area contributed by atoms with Gasteiger partial charge in [0.1, 0.15) is 0 Å². The van der Waals surface area contributed by atoms with E-state index in [1.165, 1.54) is 0 Å². The van der Waals surface area contributed by atoms with Crippen LogP contribution >= 0.6 is 0 Å². The highest BCUT2D eigenvalue weighted by atomic mass is 16.5. The molecule has 6 nitrogen and oxygen atoms in total. The SMILES string of the molecule is Cc1cccc(C(NC(=O)CCOC2CCOCC2)C(=O)O)c1C. The molecule has 24 heavy (non-hydrogen) atoms. The van der Waals surface area contributed by atoms with Gasteiger partial charge >= 0.3 is 5.97 Å². The van der Waals surface area contributed by atoms with Crippen LogP contribution in [0.4, 0.5) is 0 Å². The molecule has 2 N–H and O–H groups in total. The predicted molar refractivity (Wildman–Crippen MR) is 88.8 cm³/mol. The first-order chi connectivity index (χ1) is 11.5. The number of carboxylic acids is 1. The minimum Gasteiger partial charge on any atom is -0.479 e. The van der Waals surface area contributed by atoms with Crippen molar-refractivity contribution in [2.75, 3.05) is 19.8 Å². The Bertz CT molecular complexity index is 581. The van der Waals surface area contributed by atoms with Crippen molar-refractivity contribution in [3.05, 3.63) is 34.9 Å². The van der Waals surface area contributed by atoms with E-state index in [0.29, 0.717) is 18.8 Å². The molecule has 2 rings (SSSR count). The van der Waals surface area contributed by atoms with Crippen LogP contribution in [0.5, 0.6) is 0 Å². The zero-order chi connectivity index (χ0) is 17.5. The molecular weight excluding hydrogens is 310 g/mol. The van der Waals surface area contributed by atoms with Crippen LogP contribution in [-0.2, 0) is 19.1 Å². The molecule has 0 aromatic heterocycles. The molecule has 1 unspecified atom stereocenters. The number of nitrogens with one attached hydrogen (secondary N) is 1. The van der Waals surface area contributed by atoms with Gasteiger partial charge in [0.05, 0.1) is 19.1 Å². The summed E-state index contributed by atoms with van der Waals surface area (Å²) in [6.07, 6.45) is 1.94. The summed E-state index contributed by atoms with van der Waals surface area (Å²) >= 11 is 0. The number of amides is 1. The third-order valence-electron chi connectivity index (χ3n) is 4.36. The van der Waals surface area contributed by atoms with Gasteiger partial charge in [-0.25, -0.2) is 4.79 Å². The number of carbonyl (C=O) groups is 2. The first kappa shape index (κ1) is 18.4. The summed E-state index contributed by atoms with van der Waals surface area (Å²) in [5, 5.41) is 12.1. The highest BCUT2D eigenvalue weighted by Crippen LogP contribution is 2.21. The summed E-state index contributed by atoms with van der Waals surface area (Å²) in [6, 6.07) is 4.41. The summed E-state index contributed by atoms with van der Waals surface area (Å²) in [4.78, 5) is 23.7. The fourth-order valence-corrected chi connectivity index (χ4v) is 2.75. The summed E-state index contributed by atoms with van der Waals surface area (Å²) < 4.78 is 10.9. The Kier molecular flexibility index (Phi) is 6.75. The molecule has 1 atom stereocenters. The van der Waals surface area contributed by atoms with Crippen LogP contribution in [0.2, 0.25) is 0 Å². The Morgan fingerprint density at radius 2 is 2.04 bits per heavy atom. The van der Waals surface area contributed by atoms with Crippen LogP contribution in [0.25, 0.3) is 0 Å². The summed E-state index contributed by atoms with van der Waals surface area (Å²) in [6.45, 7) is 5.44. The summed E-state index contributed by atoms with van der Waals surface area (Å²) in [7, 11) is 0. The van der Waals surface area contributed by atoms with Gasteiger partial charge in [0.2, 0.25) is 5.91 Å². The number of ether oxygens (including phenoxy) is 2. The predicted octanol–water partition coefficient (Wildman–Crippen LogP) is 2.13. The molecule has 1 aromatic rings. The van der Waals surface area contributed by atoms with Gasteiger partial charge in [-0.1, -0.05) is 18.2 Å². The first-order valence-electron chi connectivity index (χ1n) is 8.26. The molecule has 0 saturated carbocycles. The molecule has 1 aliphatic rings. The van der Waals surface area contributed by atoms with E-state index in [-0.39, 0.29) is 25.0 Å². The van der Waals surface area contributed by atoms with Crippen molar-refractivity contribution in [2.45, 2.75) is 45.3 Å². The molecule has 0 aliphatic carbocycles. The topological polar surface area (TPSA) is 84.9 Å². The van der Waals surface area contributed by atoms with Gasteiger partial charge < -0.3 is 19.9 Å². The lowest BCUT2D eigenvalue weighted by Gasteiger charge is -2.22.